The normalized spacial score (nSPS) is 10.3. The Hall–Kier alpha value is -1.31. The average Bonchev–Trinajstić information content (AvgIpc) is 2.36. The summed E-state index contributed by atoms with van der Waals surface area (Å²) in [5.74, 6) is 0.139. The molecular weight excluding hydrogens is 222 g/mol. The van der Waals surface area contributed by atoms with Gasteiger partial charge in [0.2, 0.25) is 5.91 Å². The van der Waals surface area contributed by atoms with Crippen LogP contribution in [0.1, 0.15) is 57.4 Å². The van der Waals surface area contributed by atoms with Gasteiger partial charge in [-0.3, -0.25) is 4.79 Å². The summed E-state index contributed by atoms with van der Waals surface area (Å²) in [5, 5.41) is 2.97. The second-order valence-electron chi connectivity index (χ2n) is 4.88. The fourth-order valence-corrected chi connectivity index (χ4v) is 1.99. The van der Waals surface area contributed by atoms with Gasteiger partial charge >= 0.3 is 0 Å². The van der Waals surface area contributed by atoms with Gasteiger partial charge in [-0.1, -0.05) is 57.2 Å². The van der Waals surface area contributed by atoms with Gasteiger partial charge < -0.3 is 5.32 Å². The molecule has 18 heavy (non-hydrogen) atoms. The molecule has 2 heteroatoms. The van der Waals surface area contributed by atoms with E-state index >= 15 is 0 Å². The molecule has 1 rings (SSSR count). The highest BCUT2D eigenvalue weighted by Crippen LogP contribution is 2.14. The first-order chi connectivity index (χ1) is 8.74. The number of unbranched alkanes of at least 4 members (excludes halogenated alkanes) is 5. The Labute approximate surface area is 111 Å². The Kier molecular flexibility index (Phi) is 7.16. The van der Waals surface area contributed by atoms with E-state index < -0.39 is 0 Å². The summed E-state index contributed by atoms with van der Waals surface area (Å²) in [6, 6.07) is 7.90. The topological polar surface area (TPSA) is 29.1 Å². The summed E-state index contributed by atoms with van der Waals surface area (Å²) < 4.78 is 0. The van der Waals surface area contributed by atoms with Crippen molar-refractivity contribution in [3.8, 4) is 0 Å². The monoisotopic (exact) mass is 247 g/mol. The van der Waals surface area contributed by atoms with E-state index in [9.17, 15) is 4.79 Å². The third-order valence-corrected chi connectivity index (χ3v) is 3.18. The second-order valence-corrected chi connectivity index (χ2v) is 4.88. The van der Waals surface area contributed by atoms with Crippen LogP contribution in [-0.2, 0) is 4.79 Å². The van der Waals surface area contributed by atoms with Crippen molar-refractivity contribution in [3.05, 3.63) is 29.8 Å². The number of carbonyl (C=O) groups is 1. The van der Waals surface area contributed by atoms with E-state index in [1.165, 1.54) is 32.1 Å². The van der Waals surface area contributed by atoms with Crippen LogP contribution in [0.3, 0.4) is 0 Å². The third-order valence-electron chi connectivity index (χ3n) is 3.18. The molecule has 1 aromatic rings. The molecule has 0 heterocycles. The maximum absolute atomic E-state index is 11.7. The molecule has 0 aliphatic heterocycles. The van der Waals surface area contributed by atoms with Crippen molar-refractivity contribution in [2.75, 3.05) is 5.32 Å². The summed E-state index contributed by atoms with van der Waals surface area (Å²) in [6.45, 7) is 4.23. The number of hydrogen-bond donors (Lipinski definition) is 1. The second kappa shape index (κ2) is 8.73. The smallest absolute Gasteiger partial charge is 0.224 e. The number of hydrogen-bond acceptors (Lipinski definition) is 1. The molecule has 1 amide bonds. The van der Waals surface area contributed by atoms with Gasteiger partial charge in [-0.05, 0) is 25.0 Å². The Morgan fingerprint density at radius 1 is 1.06 bits per heavy atom. The van der Waals surface area contributed by atoms with Crippen molar-refractivity contribution >= 4 is 11.6 Å². The Morgan fingerprint density at radius 2 is 1.72 bits per heavy atom. The maximum atomic E-state index is 11.7. The van der Waals surface area contributed by atoms with Crippen LogP contribution in [0, 0.1) is 6.92 Å². The highest BCUT2D eigenvalue weighted by Gasteiger charge is 2.03. The number of carbonyl (C=O) groups excluding carboxylic acids is 1. The maximum Gasteiger partial charge on any atom is 0.224 e. The Balaban J connectivity index is 2.16. The minimum atomic E-state index is 0.139. The van der Waals surface area contributed by atoms with E-state index in [1.54, 1.807) is 0 Å². The average molecular weight is 247 g/mol. The third kappa shape index (κ3) is 5.85. The largest absolute Gasteiger partial charge is 0.326 e. The van der Waals surface area contributed by atoms with Gasteiger partial charge in [-0.15, -0.1) is 0 Å². The molecule has 1 N–H and O–H groups in total. The molecule has 0 aliphatic carbocycles. The van der Waals surface area contributed by atoms with E-state index in [0.29, 0.717) is 6.42 Å². The highest BCUT2D eigenvalue weighted by molar-refractivity contribution is 5.91. The van der Waals surface area contributed by atoms with Crippen LogP contribution < -0.4 is 5.32 Å². The molecular formula is C16H25NO. The van der Waals surface area contributed by atoms with Crippen molar-refractivity contribution in [3.63, 3.8) is 0 Å². The molecule has 2 nitrogen and oxygen atoms in total. The van der Waals surface area contributed by atoms with Crippen LogP contribution in [-0.4, -0.2) is 5.91 Å². The summed E-state index contributed by atoms with van der Waals surface area (Å²) in [4.78, 5) is 11.7. The van der Waals surface area contributed by atoms with Crippen molar-refractivity contribution in [2.45, 2.75) is 58.8 Å². The van der Waals surface area contributed by atoms with Crippen molar-refractivity contribution < 1.29 is 4.79 Å². The molecule has 0 aromatic heterocycles. The van der Waals surface area contributed by atoms with E-state index in [2.05, 4.69) is 12.2 Å². The number of rotatable bonds is 8. The number of anilines is 1. The van der Waals surface area contributed by atoms with Gasteiger partial charge in [-0.25, -0.2) is 0 Å². The van der Waals surface area contributed by atoms with Crippen LogP contribution in [0.5, 0.6) is 0 Å². The predicted molar refractivity (Wildman–Crippen MR) is 77.8 cm³/mol. The SMILES string of the molecule is CCCCCCCCC(=O)Nc1ccccc1C. The summed E-state index contributed by atoms with van der Waals surface area (Å²) in [7, 11) is 0. The molecule has 0 radical (unpaired) electrons. The van der Waals surface area contributed by atoms with E-state index in [-0.39, 0.29) is 5.91 Å². The highest BCUT2D eigenvalue weighted by atomic mass is 16.1. The predicted octanol–water partition coefficient (Wildman–Crippen LogP) is 4.68. The van der Waals surface area contributed by atoms with Crippen molar-refractivity contribution in [2.24, 2.45) is 0 Å². The number of nitrogens with one attached hydrogen (secondary N) is 1. The van der Waals surface area contributed by atoms with Crippen LogP contribution >= 0.6 is 0 Å². The molecule has 0 bridgehead atoms. The zero-order valence-electron chi connectivity index (χ0n) is 11.7. The lowest BCUT2D eigenvalue weighted by atomic mass is 10.1. The number of para-hydroxylation sites is 1. The fourth-order valence-electron chi connectivity index (χ4n) is 1.99. The van der Waals surface area contributed by atoms with Gasteiger partial charge in [0.1, 0.15) is 0 Å². The van der Waals surface area contributed by atoms with Gasteiger partial charge in [0, 0.05) is 12.1 Å². The first-order valence-corrected chi connectivity index (χ1v) is 7.09. The lowest BCUT2D eigenvalue weighted by Crippen LogP contribution is -2.11. The van der Waals surface area contributed by atoms with Gasteiger partial charge in [0.05, 0.1) is 0 Å². The lowest BCUT2D eigenvalue weighted by molar-refractivity contribution is -0.116. The molecule has 0 saturated carbocycles. The minimum absolute atomic E-state index is 0.139. The number of benzene rings is 1. The molecule has 100 valence electrons. The Morgan fingerprint density at radius 3 is 2.44 bits per heavy atom. The molecule has 0 unspecified atom stereocenters. The van der Waals surface area contributed by atoms with Gasteiger partial charge in [-0.2, -0.15) is 0 Å². The van der Waals surface area contributed by atoms with E-state index in [4.69, 9.17) is 0 Å². The van der Waals surface area contributed by atoms with Crippen molar-refractivity contribution in [1.29, 1.82) is 0 Å². The summed E-state index contributed by atoms with van der Waals surface area (Å²) in [6.07, 6.45) is 7.95. The van der Waals surface area contributed by atoms with E-state index in [0.717, 1.165) is 17.7 Å². The molecule has 0 saturated heterocycles. The minimum Gasteiger partial charge on any atom is -0.326 e. The number of aryl methyl sites for hydroxylation is 1. The Bertz CT molecular complexity index is 360. The van der Waals surface area contributed by atoms with Crippen LogP contribution in [0.25, 0.3) is 0 Å². The first kappa shape index (κ1) is 14.7. The molecule has 0 fully saturated rings. The molecule has 1 aromatic carbocycles. The van der Waals surface area contributed by atoms with Crippen LogP contribution in [0.2, 0.25) is 0 Å². The molecule has 0 spiro atoms. The lowest BCUT2D eigenvalue weighted by Gasteiger charge is -2.07. The van der Waals surface area contributed by atoms with Crippen LogP contribution in [0.15, 0.2) is 24.3 Å². The van der Waals surface area contributed by atoms with Crippen LogP contribution in [0.4, 0.5) is 5.69 Å². The zero-order valence-corrected chi connectivity index (χ0v) is 11.7. The van der Waals surface area contributed by atoms with Gasteiger partial charge in [0.15, 0.2) is 0 Å². The van der Waals surface area contributed by atoms with Gasteiger partial charge in [0.25, 0.3) is 0 Å². The summed E-state index contributed by atoms with van der Waals surface area (Å²) >= 11 is 0. The quantitative estimate of drug-likeness (QED) is 0.664. The standard InChI is InChI=1S/C16H25NO/c1-3-4-5-6-7-8-13-16(18)17-15-12-10-9-11-14(15)2/h9-12H,3-8,13H2,1-2H3,(H,17,18). The first-order valence-electron chi connectivity index (χ1n) is 7.09. The van der Waals surface area contributed by atoms with Crippen molar-refractivity contribution in [1.82, 2.24) is 0 Å². The fraction of sp³-hybridized carbons (Fsp3) is 0.562. The summed E-state index contributed by atoms with van der Waals surface area (Å²) in [5.41, 5.74) is 2.06. The zero-order chi connectivity index (χ0) is 13.2. The van der Waals surface area contributed by atoms with E-state index in [1.807, 2.05) is 31.2 Å². The number of amides is 1. The molecule has 0 atom stereocenters. The molecule has 0 aliphatic rings.